The van der Waals surface area contributed by atoms with Gasteiger partial charge in [0.1, 0.15) is 11.3 Å². The molecule has 2 fully saturated rings. The van der Waals surface area contributed by atoms with Crippen molar-refractivity contribution in [3.8, 4) is 5.75 Å². The van der Waals surface area contributed by atoms with E-state index in [4.69, 9.17) is 9.47 Å². The van der Waals surface area contributed by atoms with Crippen LogP contribution in [0.15, 0.2) is 26.7 Å². The van der Waals surface area contributed by atoms with E-state index in [-0.39, 0.29) is 11.3 Å². The topological polar surface area (TPSA) is 72.8 Å². The van der Waals surface area contributed by atoms with Crippen molar-refractivity contribution in [2.45, 2.75) is 31.5 Å². The molecule has 1 spiro atoms. The number of hydrogen-bond acceptors (Lipinski definition) is 5. The number of esters is 2. The van der Waals surface area contributed by atoms with E-state index in [1.807, 2.05) is 0 Å². The van der Waals surface area contributed by atoms with Gasteiger partial charge in [-0.1, -0.05) is 0 Å². The summed E-state index contributed by atoms with van der Waals surface area (Å²) in [7, 11) is 0. The molecular formula is C15H12Br2O5. The van der Waals surface area contributed by atoms with Crippen molar-refractivity contribution in [2.24, 2.45) is 0 Å². The first-order valence-corrected chi connectivity index (χ1v) is 8.35. The normalized spacial score (nSPS) is 20.0. The molecule has 22 heavy (non-hydrogen) atoms. The fraction of sp³-hybridized carbons (Fsp3) is 0.333. The van der Waals surface area contributed by atoms with Gasteiger partial charge in [0.25, 0.3) is 5.79 Å². The zero-order chi connectivity index (χ0) is 15.9. The van der Waals surface area contributed by atoms with Gasteiger partial charge in [-0.25, -0.2) is 9.59 Å². The van der Waals surface area contributed by atoms with Crippen molar-refractivity contribution in [3.63, 3.8) is 0 Å². The number of phenols is 1. The molecule has 116 valence electrons. The lowest BCUT2D eigenvalue weighted by Crippen LogP contribution is -2.44. The number of halogens is 2. The van der Waals surface area contributed by atoms with Crippen LogP contribution < -0.4 is 0 Å². The van der Waals surface area contributed by atoms with Gasteiger partial charge in [-0.05, 0) is 68.5 Å². The van der Waals surface area contributed by atoms with Crippen molar-refractivity contribution in [3.05, 3.63) is 32.2 Å². The van der Waals surface area contributed by atoms with Gasteiger partial charge in [0.2, 0.25) is 0 Å². The number of ether oxygens (including phenoxy) is 2. The minimum absolute atomic E-state index is 0.0425. The van der Waals surface area contributed by atoms with Crippen LogP contribution in [0.5, 0.6) is 5.75 Å². The van der Waals surface area contributed by atoms with Crippen molar-refractivity contribution in [1.29, 1.82) is 0 Å². The van der Waals surface area contributed by atoms with Crippen molar-refractivity contribution >= 4 is 49.9 Å². The van der Waals surface area contributed by atoms with Gasteiger partial charge in [-0.3, -0.25) is 0 Å². The molecule has 5 nitrogen and oxygen atoms in total. The van der Waals surface area contributed by atoms with E-state index in [2.05, 4.69) is 31.9 Å². The Labute approximate surface area is 143 Å². The molecule has 1 saturated heterocycles. The maximum absolute atomic E-state index is 12.1. The average Bonchev–Trinajstić information content (AvgIpc) is 2.88. The molecule has 0 bridgehead atoms. The Balaban J connectivity index is 1.92. The van der Waals surface area contributed by atoms with E-state index in [9.17, 15) is 14.7 Å². The second kappa shape index (κ2) is 5.70. The minimum atomic E-state index is -1.07. The van der Waals surface area contributed by atoms with Crippen LogP contribution >= 0.6 is 31.9 Å². The molecule has 1 aliphatic carbocycles. The zero-order valence-corrected chi connectivity index (χ0v) is 14.6. The second-order valence-electron chi connectivity index (χ2n) is 5.29. The van der Waals surface area contributed by atoms with Gasteiger partial charge in [0.05, 0.1) is 8.95 Å². The molecular weight excluding hydrogens is 420 g/mol. The third-order valence-corrected chi connectivity index (χ3v) is 4.92. The van der Waals surface area contributed by atoms with E-state index >= 15 is 0 Å². The number of carbonyl (C=O) groups excluding carboxylic acids is 2. The summed E-state index contributed by atoms with van der Waals surface area (Å²) in [6, 6.07) is 3.18. The third-order valence-electron chi connectivity index (χ3n) is 3.71. The number of hydrogen-bond donors (Lipinski definition) is 1. The molecule has 0 unspecified atom stereocenters. The number of phenolic OH excluding ortho intramolecular Hbond substituents is 1. The lowest BCUT2D eigenvalue weighted by molar-refractivity contribution is -0.232. The molecule has 1 N–H and O–H groups in total. The van der Waals surface area contributed by atoms with E-state index < -0.39 is 17.7 Å². The minimum Gasteiger partial charge on any atom is -0.506 e. The Bertz CT molecular complexity index is 644. The number of carbonyl (C=O) groups is 2. The number of aromatic hydroxyl groups is 1. The Kier molecular flexibility index (Phi) is 4.03. The SMILES string of the molecule is O=C1OC2(CCCC2)OC(=O)C1=Cc1cc(Br)c(O)c(Br)c1. The molecule has 7 heteroatoms. The smallest absolute Gasteiger partial charge is 0.348 e. The average molecular weight is 432 g/mol. The molecule has 0 atom stereocenters. The Hall–Kier alpha value is -1.34. The Morgan fingerprint density at radius 3 is 2.05 bits per heavy atom. The van der Waals surface area contributed by atoms with Crippen LogP contribution in [0.4, 0.5) is 0 Å². The summed E-state index contributed by atoms with van der Waals surface area (Å²) in [6.07, 6.45) is 4.23. The second-order valence-corrected chi connectivity index (χ2v) is 7.00. The lowest BCUT2D eigenvalue weighted by atomic mass is 10.1. The summed E-state index contributed by atoms with van der Waals surface area (Å²) >= 11 is 6.40. The summed E-state index contributed by atoms with van der Waals surface area (Å²) in [5.41, 5.74) is 0.407. The first-order chi connectivity index (χ1) is 10.4. The van der Waals surface area contributed by atoms with Crippen molar-refractivity contribution in [1.82, 2.24) is 0 Å². The molecule has 1 aromatic carbocycles. The van der Waals surface area contributed by atoms with Crippen LogP contribution in [-0.2, 0) is 19.1 Å². The van der Waals surface area contributed by atoms with Gasteiger partial charge in [-0.15, -0.1) is 0 Å². The van der Waals surface area contributed by atoms with Crippen LogP contribution in [0.1, 0.15) is 31.2 Å². The highest BCUT2D eigenvalue weighted by molar-refractivity contribution is 9.11. The Morgan fingerprint density at radius 2 is 1.55 bits per heavy atom. The van der Waals surface area contributed by atoms with E-state index in [1.54, 1.807) is 12.1 Å². The maximum atomic E-state index is 12.1. The molecule has 3 rings (SSSR count). The molecule has 1 saturated carbocycles. The molecule has 0 radical (unpaired) electrons. The van der Waals surface area contributed by atoms with Gasteiger partial charge >= 0.3 is 11.9 Å². The monoisotopic (exact) mass is 430 g/mol. The summed E-state index contributed by atoms with van der Waals surface area (Å²) in [5.74, 6) is -2.36. The van der Waals surface area contributed by atoms with Crippen LogP contribution in [0.25, 0.3) is 6.08 Å². The van der Waals surface area contributed by atoms with Crippen molar-refractivity contribution in [2.75, 3.05) is 0 Å². The highest BCUT2D eigenvalue weighted by Crippen LogP contribution is 2.39. The lowest BCUT2D eigenvalue weighted by Gasteiger charge is -2.32. The highest BCUT2D eigenvalue weighted by atomic mass is 79.9. The highest BCUT2D eigenvalue weighted by Gasteiger charge is 2.47. The quantitative estimate of drug-likeness (QED) is 0.417. The standard InChI is InChI=1S/C15H12Br2O5/c16-10-6-8(7-11(17)12(10)18)5-9-13(19)21-15(22-14(9)20)3-1-2-4-15/h5-7,18H,1-4H2. The molecule has 1 aromatic rings. The fourth-order valence-corrected chi connectivity index (χ4v) is 3.84. The fourth-order valence-electron chi connectivity index (χ4n) is 2.62. The largest absolute Gasteiger partial charge is 0.506 e. The summed E-state index contributed by atoms with van der Waals surface area (Å²) < 4.78 is 11.6. The molecule has 1 heterocycles. The number of benzene rings is 1. The van der Waals surface area contributed by atoms with E-state index in [0.29, 0.717) is 27.4 Å². The Morgan fingerprint density at radius 1 is 1.05 bits per heavy atom. The van der Waals surface area contributed by atoms with Crippen molar-refractivity contribution < 1.29 is 24.2 Å². The first kappa shape index (κ1) is 15.6. The predicted molar refractivity (Wildman–Crippen MR) is 84.9 cm³/mol. The maximum Gasteiger partial charge on any atom is 0.348 e. The van der Waals surface area contributed by atoms with Crippen LogP contribution in [-0.4, -0.2) is 22.8 Å². The zero-order valence-electron chi connectivity index (χ0n) is 11.4. The molecule has 0 amide bonds. The van der Waals surface area contributed by atoms with Gasteiger partial charge in [-0.2, -0.15) is 0 Å². The number of rotatable bonds is 1. The third kappa shape index (κ3) is 2.79. The van der Waals surface area contributed by atoms with Gasteiger partial charge in [0.15, 0.2) is 0 Å². The predicted octanol–water partition coefficient (Wildman–Crippen LogP) is 3.67. The van der Waals surface area contributed by atoms with Crippen LogP contribution in [0.3, 0.4) is 0 Å². The van der Waals surface area contributed by atoms with E-state index in [1.165, 1.54) is 6.08 Å². The first-order valence-electron chi connectivity index (χ1n) is 6.77. The van der Waals surface area contributed by atoms with E-state index in [0.717, 1.165) is 12.8 Å². The van der Waals surface area contributed by atoms with Gasteiger partial charge in [0, 0.05) is 12.8 Å². The van der Waals surface area contributed by atoms with Crippen LogP contribution in [0.2, 0.25) is 0 Å². The summed E-state index contributed by atoms with van der Waals surface area (Å²) in [6.45, 7) is 0. The van der Waals surface area contributed by atoms with Gasteiger partial charge < -0.3 is 14.6 Å². The summed E-state index contributed by atoms with van der Waals surface area (Å²) in [5, 5.41) is 9.68. The molecule has 1 aliphatic heterocycles. The van der Waals surface area contributed by atoms with Crippen LogP contribution in [0, 0.1) is 0 Å². The summed E-state index contributed by atoms with van der Waals surface area (Å²) in [4.78, 5) is 24.3. The molecule has 2 aliphatic rings. The molecule has 0 aromatic heterocycles.